The third-order valence-electron chi connectivity index (χ3n) is 7.98. The highest BCUT2D eigenvalue weighted by atomic mass is 16.5. The fourth-order valence-corrected chi connectivity index (χ4v) is 5.68. The van der Waals surface area contributed by atoms with Crippen LogP contribution >= 0.6 is 0 Å². The lowest BCUT2D eigenvalue weighted by atomic mass is 9.75. The first-order valence-electron chi connectivity index (χ1n) is 12.7. The first-order valence-corrected chi connectivity index (χ1v) is 12.7. The highest BCUT2D eigenvalue weighted by Gasteiger charge is 2.42. The molecule has 2 atom stereocenters. The maximum Gasteiger partial charge on any atom is 0.323 e. The van der Waals surface area contributed by atoms with Crippen molar-refractivity contribution >= 4 is 17.0 Å². The summed E-state index contributed by atoms with van der Waals surface area (Å²) in [6.07, 6.45) is 4.80. The van der Waals surface area contributed by atoms with Crippen LogP contribution in [0.5, 0.6) is 5.88 Å². The van der Waals surface area contributed by atoms with Crippen LogP contribution in [0.1, 0.15) is 55.3 Å². The molecule has 1 saturated heterocycles. The number of methoxy groups -OCH3 is 1. The van der Waals surface area contributed by atoms with Crippen molar-refractivity contribution in [1.29, 1.82) is 0 Å². The lowest BCUT2D eigenvalue weighted by molar-refractivity contribution is -0.145. The topological polar surface area (TPSA) is 108 Å². The SMILES string of the molecule is COc1ccc2nccc([C@H](O)CNC3(C(=O)O)CCCN(C4CC(c5ccccc5)C4)CC3)c2n1. The van der Waals surface area contributed by atoms with Gasteiger partial charge in [-0.3, -0.25) is 15.1 Å². The van der Waals surface area contributed by atoms with Crippen LogP contribution in [0.3, 0.4) is 0 Å². The second-order valence-corrected chi connectivity index (χ2v) is 10.0. The lowest BCUT2D eigenvalue weighted by Gasteiger charge is -2.43. The fourth-order valence-electron chi connectivity index (χ4n) is 5.68. The molecule has 0 amide bonds. The van der Waals surface area contributed by atoms with Crippen LogP contribution < -0.4 is 10.1 Å². The van der Waals surface area contributed by atoms with Crippen molar-refractivity contribution in [2.24, 2.45) is 0 Å². The zero-order valence-electron chi connectivity index (χ0n) is 20.6. The number of nitrogens with one attached hydrogen (secondary N) is 1. The number of β-amino-alcohol motifs (C(OH)–C–C–N with tert-alkyl or cyclic N) is 1. The molecule has 5 rings (SSSR count). The predicted molar refractivity (Wildman–Crippen MR) is 137 cm³/mol. The first-order chi connectivity index (χ1) is 17.5. The summed E-state index contributed by atoms with van der Waals surface area (Å²) in [7, 11) is 1.54. The Labute approximate surface area is 211 Å². The minimum atomic E-state index is -1.06. The number of benzene rings is 1. The monoisotopic (exact) mass is 490 g/mol. The maximum absolute atomic E-state index is 12.5. The summed E-state index contributed by atoms with van der Waals surface area (Å²) in [5.74, 6) is 0.180. The summed E-state index contributed by atoms with van der Waals surface area (Å²) in [6.45, 7) is 1.76. The normalized spacial score (nSPS) is 25.6. The molecule has 8 heteroatoms. The quantitative estimate of drug-likeness (QED) is 0.440. The molecule has 0 spiro atoms. The molecular formula is C28H34N4O4. The van der Waals surface area contributed by atoms with E-state index >= 15 is 0 Å². The van der Waals surface area contributed by atoms with E-state index in [9.17, 15) is 15.0 Å². The summed E-state index contributed by atoms with van der Waals surface area (Å²) in [4.78, 5) is 23.7. The van der Waals surface area contributed by atoms with Gasteiger partial charge in [-0.1, -0.05) is 30.3 Å². The van der Waals surface area contributed by atoms with Crippen LogP contribution in [0.25, 0.3) is 11.0 Å². The van der Waals surface area contributed by atoms with Crippen molar-refractivity contribution in [3.63, 3.8) is 0 Å². The van der Waals surface area contributed by atoms with Crippen LogP contribution in [-0.4, -0.2) is 69.4 Å². The molecule has 0 radical (unpaired) electrons. The summed E-state index contributed by atoms with van der Waals surface area (Å²) < 4.78 is 5.23. The molecule has 1 aliphatic heterocycles. The third kappa shape index (κ3) is 4.93. The first kappa shape index (κ1) is 24.6. The van der Waals surface area contributed by atoms with E-state index in [1.54, 1.807) is 31.5 Å². The zero-order valence-corrected chi connectivity index (χ0v) is 20.6. The predicted octanol–water partition coefficient (Wildman–Crippen LogP) is 3.52. The Kier molecular flexibility index (Phi) is 7.18. The number of carboxylic acid groups (broad SMARTS) is 1. The van der Waals surface area contributed by atoms with Crippen molar-refractivity contribution < 1.29 is 19.7 Å². The number of aliphatic hydroxyl groups excluding tert-OH is 1. The van der Waals surface area contributed by atoms with Crippen LogP contribution in [0.15, 0.2) is 54.7 Å². The van der Waals surface area contributed by atoms with Crippen molar-refractivity contribution in [1.82, 2.24) is 20.2 Å². The number of fused-ring (bicyclic) bond motifs is 1. The van der Waals surface area contributed by atoms with Crippen molar-refractivity contribution in [3.8, 4) is 5.88 Å². The number of rotatable bonds is 8. The highest BCUT2D eigenvalue weighted by molar-refractivity contribution is 5.79. The summed E-state index contributed by atoms with van der Waals surface area (Å²) in [6, 6.07) is 16.4. The molecule has 2 aliphatic rings. The number of aromatic nitrogens is 2. The number of pyridine rings is 2. The second kappa shape index (κ2) is 10.5. The number of hydrogen-bond acceptors (Lipinski definition) is 7. The summed E-state index contributed by atoms with van der Waals surface area (Å²) in [5, 5.41) is 24.5. The second-order valence-electron chi connectivity index (χ2n) is 10.0. The Bertz CT molecular complexity index is 1200. The van der Waals surface area contributed by atoms with Crippen molar-refractivity contribution in [2.45, 2.75) is 55.7 Å². The Hall–Kier alpha value is -3.07. The van der Waals surface area contributed by atoms with Gasteiger partial charge in [0.1, 0.15) is 5.54 Å². The van der Waals surface area contributed by atoms with E-state index in [0.717, 1.165) is 32.4 Å². The van der Waals surface area contributed by atoms with Gasteiger partial charge in [-0.2, -0.15) is 0 Å². The summed E-state index contributed by atoms with van der Waals surface area (Å²) in [5.41, 5.74) is 2.14. The Morgan fingerprint density at radius 2 is 1.97 bits per heavy atom. The van der Waals surface area contributed by atoms with E-state index in [2.05, 4.69) is 44.5 Å². The largest absolute Gasteiger partial charge is 0.481 e. The van der Waals surface area contributed by atoms with Gasteiger partial charge in [0.15, 0.2) is 0 Å². The Morgan fingerprint density at radius 1 is 1.17 bits per heavy atom. The van der Waals surface area contributed by atoms with Crippen LogP contribution in [0, 0.1) is 0 Å². The maximum atomic E-state index is 12.5. The zero-order chi connectivity index (χ0) is 25.1. The Morgan fingerprint density at radius 3 is 2.72 bits per heavy atom. The molecule has 3 N–H and O–H groups in total. The van der Waals surface area contributed by atoms with Gasteiger partial charge in [0, 0.05) is 37.0 Å². The molecule has 36 heavy (non-hydrogen) atoms. The average Bonchev–Trinajstić information content (AvgIpc) is 3.10. The molecule has 2 fully saturated rings. The molecule has 190 valence electrons. The molecular weight excluding hydrogens is 456 g/mol. The number of carbonyl (C=O) groups is 1. The van der Waals surface area contributed by atoms with E-state index in [1.807, 2.05) is 6.07 Å². The molecule has 3 heterocycles. The van der Waals surface area contributed by atoms with Gasteiger partial charge in [-0.15, -0.1) is 0 Å². The number of ether oxygens (including phenoxy) is 1. The fraction of sp³-hybridized carbons (Fsp3) is 0.464. The van der Waals surface area contributed by atoms with Crippen LogP contribution in [0.2, 0.25) is 0 Å². The van der Waals surface area contributed by atoms with Crippen LogP contribution in [0.4, 0.5) is 0 Å². The van der Waals surface area contributed by atoms with Gasteiger partial charge >= 0.3 is 5.97 Å². The highest BCUT2D eigenvalue weighted by Crippen LogP contribution is 2.41. The smallest absolute Gasteiger partial charge is 0.323 e. The number of aliphatic carboxylic acids is 1. The number of nitrogens with zero attached hydrogens (tertiary/aromatic N) is 3. The van der Waals surface area contributed by atoms with Gasteiger partial charge in [0.2, 0.25) is 5.88 Å². The van der Waals surface area contributed by atoms with E-state index in [0.29, 0.717) is 47.3 Å². The number of hydrogen-bond donors (Lipinski definition) is 3. The van der Waals surface area contributed by atoms with Gasteiger partial charge in [-0.25, -0.2) is 4.98 Å². The molecule has 2 aromatic heterocycles. The minimum absolute atomic E-state index is 0.115. The van der Waals surface area contributed by atoms with Crippen molar-refractivity contribution in [3.05, 3.63) is 65.9 Å². The molecule has 1 saturated carbocycles. The third-order valence-corrected chi connectivity index (χ3v) is 7.98. The Balaban J connectivity index is 1.23. The number of carboxylic acids is 1. The molecule has 0 bridgehead atoms. The van der Waals surface area contributed by atoms with Gasteiger partial charge in [-0.05, 0) is 62.3 Å². The molecule has 3 aromatic rings. The molecule has 8 nitrogen and oxygen atoms in total. The number of aliphatic hydroxyl groups is 1. The number of likely N-dealkylation sites (tertiary alicyclic amines) is 1. The van der Waals surface area contributed by atoms with E-state index in [1.165, 1.54) is 5.56 Å². The van der Waals surface area contributed by atoms with E-state index in [-0.39, 0.29) is 6.54 Å². The van der Waals surface area contributed by atoms with Gasteiger partial charge < -0.3 is 19.8 Å². The van der Waals surface area contributed by atoms with Gasteiger partial charge in [0.05, 0.1) is 24.2 Å². The van der Waals surface area contributed by atoms with E-state index < -0.39 is 17.6 Å². The molecule has 1 aromatic carbocycles. The molecule has 1 aliphatic carbocycles. The standard InChI is InChI=1S/C28H34N4O4/c1-36-25-9-8-23-26(31-25)22(10-13-29-23)24(33)18-30-28(27(34)35)11-5-14-32(15-12-28)21-16-20(17-21)19-6-3-2-4-7-19/h2-4,6-10,13,20-21,24,30,33H,5,11-12,14-18H2,1H3,(H,34,35)/t20?,21?,24-,28?/m1/s1. The van der Waals surface area contributed by atoms with Crippen LogP contribution in [-0.2, 0) is 4.79 Å². The molecule has 1 unspecified atom stereocenters. The minimum Gasteiger partial charge on any atom is -0.481 e. The average molecular weight is 491 g/mol. The summed E-state index contributed by atoms with van der Waals surface area (Å²) >= 11 is 0. The van der Waals surface area contributed by atoms with Gasteiger partial charge in [0.25, 0.3) is 0 Å². The van der Waals surface area contributed by atoms with Crippen molar-refractivity contribution in [2.75, 3.05) is 26.7 Å². The lowest BCUT2D eigenvalue weighted by Crippen LogP contribution is -2.54. The van der Waals surface area contributed by atoms with E-state index in [4.69, 9.17) is 4.74 Å².